The Morgan fingerprint density at radius 3 is 2.09 bits per heavy atom. The highest BCUT2D eigenvalue weighted by atomic mass is 16.4. The van der Waals surface area contributed by atoms with Crippen LogP contribution in [0.4, 0.5) is 5.69 Å². The quantitative estimate of drug-likeness (QED) is 0.943. The zero-order valence-corrected chi connectivity index (χ0v) is 12.7. The highest BCUT2D eigenvalue weighted by Gasteiger charge is 2.42. The van der Waals surface area contributed by atoms with Gasteiger partial charge in [0.2, 0.25) is 5.91 Å². The van der Waals surface area contributed by atoms with Crippen LogP contribution in [0.1, 0.15) is 41.6 Å². The van der Waals surface area contributed by atoms with Crippen LogP contribution in [0.2, 0.25) is 0 Å². The van der Waals surface area contributed by atoms with E-state index in [9.17, 15) is 14.7 Å². The summed E-state index contributed by atoms with van der Waals surface area (Å²) in [7, 11) is 0. The number of aromatic carboxylic acids is 1. The van der Waals surface area contributed by atoms with Crippen molar-refractivity contribution in [2.45, 2.75) is 31.1 Å². The van der Waals surface area contributed by atoms with Gasteiger partial charge >= 0.3 is 0 Å². The number of carboxylic acids is 1. The molecule has 3 rings (SSSR count). The summed E-state index contributed by atoms with van der Waals surface area (Å²) in [4.78, 5) is 23.7. The van der Waals surface area contributed by atoms with Crippen LogP contribution in [0.3, 0.4) is 0 Å². The van der Waals surface area contributed by atoms with Crippen LogP contribution in [0.5, 0.6) is 0 Å². The molecular weight excluding hydrogens is 290 g/mol. The molecule has 0 bridgehead atoms. The molecule has 118 valence electrons. The van der Waals surface area contributed by atoms with Gasteiger partial charge in [0.15, 0.2) is 0 Å². The lowest BCUT2D eigenvalue weighted by atomic mass is 9.78. The number of rotatable bonds is 4. The van der Waals surface area contributed by atoms with Gasteiger partial charge in [0, 0.05) is 5.69 Å². The van der Waals surface area contributed by atoms with Gasteiger partial charge in [-0.05, 0) is 36.1 Å². The first-order valence-corrected chi connectivity index (χ1v) is 7.80. The van der Waals surface area contributed by atoms with E-state index in [4.69, 9.17) is 0 Å². The lowest BCUT2D eigenvalue weighted by Crippen LogP contribution is -2.38. The lowest BCUT2D eigenvalue weighted by molar-refractivity contribution is -0.255. The van der Waals surface area contributed by atoms with E-state index in [1.54, 1.807) is 12.1 Å². The fourth-order valence-electron chi connectivity index (χ4n) is 3.32. The van der Waals surface area contributed by atoms with E-state index < -0.39 is 11.4 Å². The molecule has 0 saturated heterocycles. The summed E-state index contributed by atoms with van der Waals surface area (Å²) in [6.07, 6.45) is 3.73. The van der Waals surface area contributed by atoms with Gasteiger partial charge in [-0.1, -0.05) is 55.3 Å². The first-order valence-electron chi connectivity index (χ1n) is 7.80. The van der Waals surface area contributed by atoms with Crippen molar-refractivity contribution < 1.29 is 14.7 Å². The molecule has 0 spiro atoms. The second kappa shape index (κ2) is 6.24. The standard InChI is InChI=1S/C19H19NO3/c21-17(22)14-8-10-16(11-9-14)20-18(23)19(12-4-5-13-19)15-6-2-1-3-7-15/h1-3,6-11H,4-5,12-13H2,(H,20,23)(H,21,22)/p-1. The summed E-state index contributed by atoms with van der Waals surface area (Å²) in [5.41, 5.74) is 1.25. The molecule has 2 aromatic carbocycles. The van der Waals surface area contributed by atoms with Crippen LogP contribution < -0.4 is 10.4 Å². The summed E-state index contributed by atoms with van der Waals surface area (Å²) in [6, 6.07) is 15.9. The normalized spacial score (nSPS) is 16.0. The van der Waals surface area contributed by atoms with Crippen molar-refractivity contribution in [3.63, 3.8) is 0 Å². The van der Waals surface area contributed by atoms with E-state index in [1.165, 1.54) is 12.1 Å². The molecular formula is C19H18NO3-. The number of amides is 1. The smallest absolute Gasteiger partial charge is 0.235 e. The lowest BCUT2D eigenvalue weighted by Gasteiger charge is -2.28. The highest BCUT2D eigenvalue weighted by molar-refractivity contribution is 5.99. The van der Waals surface area contributed by atoms with E-state index >= 15 is 0 Å². The SMILES string of the molecule is O=C([O-])c1ccc(NC(=O)C2(c3ccccc3)CCCC2)cc1. The van der Waals surface area contributed by atoms with Crippen molar-refractivity contribution in [2.24, 2.45) is 0 Å². The molecule has 4 nitrogen and oxygen atoms in total. The molecule has 0 radical (unpaired) electrons. The molecule has 0 aromatic heterocycles. The van der Waals surface area contributed by atoms with Crippen molar-refractivity contribution in [1.82, 2.24) is 0 Å². The highest BCUT2D eigenvalue weighted by Crippen LogP contribution is 2.42. The zero-order valence-electron chi connectivity index (χ0n) is 12.7. The van der Waals surface area contributed by atoms with Crippen molar-refractivity contribution in [2.75, 3.05) is 5.32 Å². The van der Waals surface area contributed by atoms with Gasteiger partial charge in [-0.15, -0.1) is 0 Å². The zero-order chi connectivity index (χ0) is 16.3. The average molecular weight is 308 g/mol. The molecule has 0 heterocycles. The number of anilines is 1. The fourth-order valence-corrected chi connectivity index (χ4v) is 3.32. The maximum absolute atomic E-state index is 12.9. The fraction of sp³-hybridized carbons (Fsp3) is 0.263. The van der Waals surface area contributed by atoms with Crippen LogP contribution in [0.15, 0.2) is 54.6 Å². The number of carbonyl (C=O) groups excluding carboxylic acids is 2. The molecule has 23 heavy (non-hydrogen) atoms. The first-order chi connectivity index (χ1) is 11.1. The summed E-state index contributed by atoms with van der Waals surface area (Å²) >= 11 is 0. The molecule has 0 aliphatic heterocycles. The summed E-state index contributed by atoms with van der Waals surface area (Å²) in [5.74, 6) is -1.25. The van der Waals surface area contributed by atoms with Crippen LogP contribution in [-0.4, -0.2) is 11.9 Å². The number of carboxylic acid groups (broad SMARTS) is 1. The van der Waals surface area contributed by atoms with Crippen LogP contribution >= 0.6 is 0 Å². The van der Waals surface area contributed by atoms with Gasteiger partial charge in [-0.25, -0.2) is 0 Å². The minimum atomic E-state index is -1.22. The summed E-state index contributed by atoms with van der Waals surface area (Å²) in [6.45, 7) is 0. The van der Waals surface area contributed by atoms with Crippen molar-refractivity contribution in [1.29, 1.82) is 0 Å². The molecule has 1 fully saturated rings. The number of hydrogen-bond donors (Lipinski definition) is 1. The second-order valence-corrected chi connectivity index (χ2v) is 5.97. The van der Waals surface area contributed by atoms with E-state index in [2.05, 4.69) is 5.32 Å². The average Bonchev–Trinajstić information content (AvgIpc) is 3.07. The van der Waals surface area contributed by atoms with Crippen molar-refractivity contribution >= 4 is 17.6 Å². The molecule has 1 aliphatic carbocycles. The minimum Gasteiger partial charge on any atom is -0.545 e. The number of benzene rings is 2. The van der Waals surface area contributed by atoms with E-state index in [0.717, 1.165) is 31.2 Å². The van der Waals surface area contributed by atoms with E-state index in [1.807, 2.05) is 30.3 Å². The number of carbonyl (C=O) groups is 2. The molecule has 1 saturated carbocycles. The molecule has 0 unspecified atom stereocenters. The third-order valence-corrected chi connectivity index (χ3v) is 4.60. The number of nitrogens with one attached hydrogen (secondary N) is 1. The summed E-state index contributed by atoms with van der Waals surface area (Å²) in [5, 5.41) is 13.7. The minimum absolute atomic E-state index is 0.0256. The van der Waals surface area contributed by atoms with Crippen LogP contribution in [0.25, 0.3) is 0 Å². The predicted molar refractivity (Wildman–Crippen MR) is 86.0 cm³/mol. The first kappa shape index (κ1) is 15.3. The molecule has 0 atom stereocenters. The van der Waals surface area contributed by atoms with Crippen LogP contribution in [-0.2, 0) is 10.2 Å². The number of hydrogen-bond acceptors (Lipinski definition) is 3. The van der Waals surface area contributed by atoms with Gasteiger partial charge in [-0.3, -0.25) is 4.79 Å². The topological polar surface area (TPSA) is 69.2 Å². The van der Waals surface area contributed by atoms with Gasteiger partial charge in [0.25, 0.3) is 0 Å². The van der Waals surface area contributed by atoms with E-state index in [-0.39, 0.29) is 11.5 Å². The molecule has 2 aromatic rings. The van der Waals surface area contributed by atoms with E-state index in [0.29, 0.717) is 5.69 Å². The van der Waals surface area contributed by atoms with Gasteiger partial charge in [0.1, 0.15) is 0 Å². The van der Waals surface area contributed by atoms with Gasteiger partial charge in [0.05, 0.1) is 11.4 Å². The van der Waals surface area contributed by atoms with Gasteiger partial charge in [-0.2, -0.15) is 0 Å². The second-order valence-electron chi connectivity index (χ2n) is 5.97. The maximum atomic E-state index is 12.9. The Kier molecular flexibility index (Phi) is 4.15. The van der Waals surface area contributed by atoms with Crippen molar-refractivity contribution in [3.8, 4) is 0 Å². The largest absolute Gasteiger partial charge is 0.545 e. The molecule has 1 N–H and O–H groups in total. The monoisotopic (exact) mass is 308 g/mol. The van der Waals surface area contributed by atoms with Crippen LogP contribution in [0, 0.1) is 0 Å². The maximum Gasteiger partial charge on any atom is 0.235 e. The Morgan fingerprint density at radius 1 is 0.913 bits per heavy atom. The molecule has 1 amide bonds. The summed E-state index contributed by atoms with van der Waals surface area (Å²) < 4.78 is 0. The third-order valence-electron chi connectivity index (χ3n) is 4.60. The van der Waals surface area contributed by atoms with Gasteiger partial charge < -0.3 is 15.2 Å². The Balaban J connectivity index is 1.84. The Morgan fingerprint density at radius 2 is 1.52 bits per heavy atom. The Labute approximate surface area is 135 Å². The Hall–Kier alpha value is -2.62. The third kappa shape index (κ3) is 2.97. The molecule has 1 aliphatic rings. The molecule has 4 heteroatoms. The predicted octanol–water partition coefficient (Wildman–Crippen LogP) is 2.50. The Bertz CT molecular complexity index is 701. The van der Waals surface area contributed by atoms with Crippen molar-refractivity contribution in [3.05, 3.63) is 65.7 Å².